The van der Waals surface area contributed by atoms with E-state index in [0.717, 1.165) is 23.3 Å². The van der Waals surface area contributed by atoms with Crippen molar-refractivity contribution in [3.05, 3.63) is 81.2 Å². The monoisotopic (exact) mass is 381 g/mol. The lowest BCUT2D eigenvalue weighted by Crippen LogP contribution is -2.31. The molecule has 28 heavy (non-hydrogen) atoms. The predicted octanol–water partition coefficient (Wildman–Crippen LogP) is 2.44. The Bertz CT molecular complexity index is 976. The number of ether oxygens (including phenoxy) is 1. The van der Waals surface area contributed by atoms with Crippen molar-refractivity contribution in [2.45, 2.75) is 26.2 Å². The number of nitrogens with zero attached hydrogens (tertiary/aromatic N) is 1. The summed E-state index contributed by atoms with van der Waals surface area (Å²) in [6, 6.07) is 9.51. The Balaban J connectivity index is 1.61. The van der Waals surface area contributed by atoms with Crippen LogP contribution in [0.3, 0.4) is 0 Å². The van der Waals surface area contributed by atoms with Crippen LogP contribution < -0.4 is 15.7 Å². The van der Waals surface area contributed by atoms with Gasteiger partial charge in [-0.25, -0.2) is 4.79 Å². The molecule has 2 aromatic heterocycles. The smallest absolute Gasteiger partial charge is 0.349 e. The maximum absolute atomic E-state index is 12.4. The van der Waals surface area contributed by atoms with Crippen LogP contribution in [0, 0.1) is 6.92 Å². The maximum Gasteiger partial charge on any atom is 0.349 e. The zero-order valence-corrected chi connectivity index (χ0v) is 16.0. The Hall–Kier alpha value is -3.35. The first-order valence-corrected chi connectivity index (χ1v) is 9.09. The van der Waals surface area contributed by atoms with Crippen molar-refractivity contribution >= 4 is 5.91 Å². The topological polar surface area (TPSA) is 97.2 Å². The fraction of sp³-hybridized carbons (Fsp3) is 0.286. The van der Waals surface area contributed by atoms with E-state index in [2.05, 4.69) is 15.5 Å². The van der Waals surface area contributed by atoms with Gasteiger partial charge < -0.3 is 14.5 Å². The number of carbonyl (C=O) groups is 1. The Morgan fingerprint density at radius 1 is 1.18 bits per heavy atom. The van der Waals surface area contributed by atoms with Crippen LogP contribution in [0.15, 0.2) is 51.9 Å². The van der Waals surface area contributed by atoms with Crippen LogP contribution in [0.25, 0.3) is 0 Å². The minimum absolute atomic E-state index is 0.0559. The van der Waals surface area contributed by atoms with E-state index in [9.17, 15) is 9.59 Å². The SMILES string of the molecule is COc1ccc(CCc2cc(C)c(C(=O)NCCc3cn[nH]c3)c(=O)o2)cc1. The maximum atomic E-state index is 12.4. The standard InChI is InChI=1S/C21H23N3O4/c1-14-11-18(8-5-15-3-6-17(27-2)7-4-15)28-21(26)19(14)20(25)22-10-9-16-12-23-24-13-16/h3-4,6-7,11-13H,5,8-10H2,1-2H3,(H,22,25)(H,23,24). The second kappa shape index (κ2) is 9.03. The molecule has 1 aromatic carbocycles. The summed E-state index contributed by atoms with van der Waals surface area (Å²) >= 11 is 0. The predicted molar refractivity (Wildman–Crippen MR) is 105 cm³/mol. The Labute approximate surface area is 162 Å². The number of rotatable bonds is 8. The van der Waals surface area contributed by atoms with Crippen molar-refractivity contribution in [2.24, 2.45) is 0 Å². The summed E-state index contributed by atoms with van der Waals surface area (Å²) in [7, 11) is 1.63. The number of aromatic nitrogens is 2. The number of benzene rings is 1. The highest BCUT2D eigenvalue weighted by atomic mass is 16.5. The van der Waals surface area contributed by atoms with Crippen LogP contribution in [0.2, 0.25) is 0 Å². The molecule has 0 fully saturated rings. The van der Waals surface area contributed by atoms with E-state index >= 15 is 0 Å². The number of amides is 1. The van der Waals surface area contributed by atoms with Gasteiger partial charge in [0.25, 0.3) is 5.91 Å². The van der Waals surface area contributed by atoms with Crippen molar-refractivity contribution in [1.29, 1.82) is 0 Å². The molecule has 0 bridgehead atoms. The lowest BCUT2D eigenvalue weighted by Gasteiger charge is -2.08. The normalized spacial score (nSPS) is 10.6. The van der Waals surface area contributed by atoms with Gasteiger partial charge in [0, 0.05) is 19.2 Å². The fourth-order valence-electron chi connectivity index (χ4n) is 2.95. The molecule has 2 N–H and O–H groups in total. The van der Waals surface area contributed by atoms with Crippen LogP contribution in [0.5, 0.6) is 5.75 Å². The summed E-state index contributed by atoms with van der Waals surface area (Å²) < 4.78 is 10.5. The van der Waals surface area contributed by atoms with Gasteiger partial charge in [0.05, 0.1) is 13.3 Å². The summed E-state index contributed by atoms with van der Waals surface area (Å²) in [5.74, 6) is 0.943. The molecule has 3 aromatic rings. The van der Waals surface area contributed by atoms with Crippen LogP contribution in [0.1, 0.15) is 32.8 Å². The molecule has 2 heterocycles. The van der Waals surface area contributed by atoms with Crippen molar-refractivity contribution in [3.63, 3.8) is 0 Å². The molecule has 0 aliphatic rings. The molecule has 0 unspecified atom stereocenters. The first-order valence-electron chi connectivity index (χ1n) is 9.09. The molecule has 1 amide bonds. The van der Waals surface area contributed by atoms with Crippen LogP contribution >= 0.6 is 0 Å². The third-order valence-electron chi connectivity index (χ3n) is 4.50. The van der Waals surface area contributed by atoms with E-state index in [4.69, 9.17) is 9.15 Å². The molecule has 7 heteroatoms. The molecule has 0 aliphatic heterocycles. The minimum Gasteiger partial charge on any atom is -0.497 e. The van der Waals surface area contributed by atoms with E-state index in [1.807, 2.05) is 24.3 Å². The number of nitrogens with one attached hydrogen (secondary N) is 2. The number of carbonyl (C=O) groups excluding carboxylic acids is 1. The van der Waals surface area contributed by atoms with Gasteiger partial charge >= 0.3 is 5.63 Å². The number of aryl methyl sites for hydroxylation is 3. The van der Waals surface area contributed by atoms with Crippen LogP contribution in [-0.2, 0) is 19.3 Å². The van der Waals surface area contributed by atoms with Crippen molar-refractivity contribution < 1.29 is 13.9 Å². The average molecular weight is 381 g/mol. The number of hydrogen-bond acceptors (Lipinski definition) is 5. The summed E-state index contributed by atoms with van der Waals surface area (Å²) in [4.78, 5) is 24.7. The average Bonchev–Trinajstić information content (AvgIpc) is 3.20. The van der Waals surface area contributed by atoms with E-state index in [-0.39, 0.29) is 5.56 Å². The summed E-state index contributed by atoms with van der Waals surface area (Å²) in [6.45, 7) is 2.16. The van der Waals surface area contributed by atoms with Gasteiger partial charge in [-0.15, -0.1) is 0 Å². The zero-order valence-electron chi connectivity index (χ0n) is 16.0. The molecule has 0 atom stereocenters. The van der Waals surface area contributed by atoms with Gasteiger partial charge in [-0.3, -0.25) is 9.89 Å². The van der Waals surface area contributed by atoms with Gasteiger partial charge in [0.15, 0.2) is 0 Å². The molecule has 0 radical (unpaired) electrons. The highest BCUT2D eigenvalue weighted by Gasteiger charge is 2.16. The molecule has 0 saturated carbocycles. The second-order valence-electron chi connectivity index (χ2n) is 6.52. The fourth-order valence-corrected chi connectivity index (χ4v) is 2.95. The number of H-pyrrole nitrogens is 1. The first kappa shape index (κ1) is 19.4. The van der Waals surface area contributed by atoms with E-state index in [1.165, 1.54) is 0 Å². The van der Waals surface area contributed by atoms with E-state index in [0.29, 0.717) is 30.7 Å². The van der Waals surface area contributed by atoms with Gasteiger partial charge in [0.1, 0.15) is 17.1 Å². The molecule has 0 saturated heterocycles. The molecular weight excluding hydrogens is 358 g/mol. The van der Waals surface area contributed by atoms with Gasteiger partial charge in [0.2, 0.25) is 0 Å². The first-order chi connectivity index (χ1) is 13.6. The third kappa shape index (κ3) is 4.88. The highest BCUT2D eigenvalue weighted by Crippen LogP contribution is 2.14. The molecule has 146 valence electrons. The molecule has 7 nitrogen and oxygen atoms in total. The molecular formula is C21H23N3O4. The number of hydrogen-bond donors (Lipinski definition) is 2. The Kier molecular flexibility index (Phi) is 6.26. The minimum atomic E-state index is -0.606. The lowest BCUT2D eigenvalue weighted by molar-refractivity contribution is 0.0949. The summed E-state index contributed by atoms with van der Waals surface area (Å²) in [6.07, 6.45) is 5.40. The van der Waals surface area contributed by atoms with Gasteiger partial charge in [-0.05, 0) is 54.7 Å². The van der Waals surface area contributed by atoms with Crippen molar-refractivity contribution in [3.8, 4) is 5.75 Å². The summed E-state index contributed by atoms with van der Waals surface area (Å²) in [5.41, 5.74) is 2.16. The molecule has 3 rings (SSSR count). The molecule has 0 spiro atoms. The van der Waals surface area contributed by atoms with Gasteiger partial charge in [-0.2, -0.15) is 5.10 Å². The van der Waals surface area contributed by atoms with E-state index in [1.54, 1.807) is 32.5 Å². The number of aromatic amines is 1. The van der Waals surface area contributed by atoms with Crippen molar-refractivity contribution in [2.75, 3.05) is 13.7 Å². The third-order valence-corrected chi connectivity index (χ3v) is 4.50. The Morgan fingerprint density at radius 2 is 1.96 bits per heavy atom. The highest BCUT2D eigenvalue weighted by molar-refractivity contribution is 5.95. The van der Waals surface area contributed by atoms with Crippen LogP contribution in [0.4, 0.5) is 0 Å². The summed E-state index contributed by atoms with van der Waals surface area (Å²) in [5, 5.41) is 9.33. The largest absolute Gasteiger partial charge is 0.497 e. The lowest BCUT2D eigenvalue weighted by atomic mass is 10.1. The number of methoxy groups -OCH3 is 1. The second-order valence-corrected chi connectivity index (χ2v) is 6.52. The Morgan fingerprint density at radius 3 is 2.61 bits per heavy atom. The van der Waals surface area contributed by atoms with Crippen LogP contribution in [-0.4, -0.2) is 29.8 Å². The van der Waals surface area contributed by atoms with Gasteiger partial charge in [-0.1, -0.05) is 12.1 Å². The van der Waals surface area contributed by atoms with E-state index < -0.39 is 11.5 Å². The zero-order chi connectivity index (χ0) is 19.9. The molecule has 0 aliphatic carbocycles. The van der Waals surface area contributed by atoms with Crippen molar-refractivity contribution in [1.82, 2.24) is 15.5 Å². The quantitative estimate of drug-likeness (QED) is 0.625.